The molecule has 0 spiro atoms. The van der Waals surface area contributed by atoms with Crippen molar-refractivity contribution in [3.63, 3.8) is 0 Å². The molecule has 0 aromatic heterocycles. The minimum atomic E-state index is -0.487. The quantitative estimate of drug-likeness (QED) is 0.926. The fourth-order valence-corrected chi connectivity index (χ4v) is 1.76. The minimum Gasteiger partial charge on any atom is -0.493 e. The summed E-state index contributed by atoms with van der Waals surface area (Å²) in [6, 6.07) is 11.3. The molecule has 0 aliphatic heterocycles. The Morgan fingerprint density at radius 3 is 2.40 bits per heavy atom. The number of ether oxygens (including phenoxy) is 2. The van der Waals surface area contributed by atoms with Crippen molar-refractivity contribution in [3.8, 4) is 17.6 Å². The van der Waals surface area contributed by atoms with Gasteiger partial charge < -0.3 is 14.8 Å². The fourth-order valence-electron chi connectivity index (χ4n) is 1.76. The van der Waals surface area contributed by atoms with E-state index in [0.29, 0.717) is 17.2 Å². The summed E-state index contributed by atoms with van der Waals surface area (Å²) in [4.78, 5) is 0. The number of anilines is 2. The maximum absolute atomic E-state index is 13.8. The van der Waals surface area contributed by atoms with Gasteiger partial charge in [0.15, 0.2) is 11.5 Å². The molecule has 2 aromatic carbocycles. The van der Waals surface area contributed by atoms with Crippen molar-refractivity contribution in [3.05, 3.63) is 47.8 Å². The Morgan fingerprint density at radius 1 is 1.05 bits per heavy atom. The van der Waals surface area contributed by atoms with Crippen LogP contribution < -0.4 is 14.8 Å². The van der Waals surface area contributed by atoms with Crippen molar-refractivity contribution in [2.24, 2.45) is 0 Å². The first-order chi connectivity index (χ1) is 9.67. The molecular formula is C15H13FN2O2. The molecule has 0 aliphatic carbocycles. The van der Waals surface area contributed by atoms with Crippen molar-refractivity contribution in [2.75, 3.05) is 19.5 Å². The molecule has 0 heterocycles. The van der Waals surface area contributed by atoms with E-state index >= 15 is 0 Å². The topological polar surface area (TPSA) is 54.3 Å². The second kappa shape index (κ2) is 5.93. The van der Waals surface area contributed by atoms with Crippen LogP contribution in [0.1, 0.15) is 5.56 Å². The number of nitrogens with one attached hydrogen (secondary N) is 1. The van der Waals surface area contributed by atoms with Gasteiger partial charge in [0.25, 0.3) is 0 Å². The van der Waals surface area contributed by atoms with Crippen LogP contribution in [0.3, 0.4) is 0 Å². The number of halogens is 1. The summed E-state index contributed by atoms with van der Waals surface area (Å²) in [6.07, 6.45) is 0. The maximum Gasteiger partial charge on any atom is 0.162 e. The normalized spacial score (nSPS) is 9.70. The van der Waals surface area contributed by atoms with Crippen LogP contribution in [-0.4, -0.2) is 14.2 Å². The maximum atomic E-state index is 13.8. The van der Waals surface area contributed by atoms with Crippen LogP contribution in [0, 0.1) is 17.1 Å². The number of nitrogens with zero attached hydrogens (tertiary/aromatic N) is 1. The molecule has 0 saturated carbocycles. The zero-order valence-corrected chi connectivity index (χ0v) is 11.1. The Balaban J connectivity index is 2.28. The summed E-state index contributed by atoms with van der Waals surface area (Å²) < 4.78 is 24.1. The van der Waals surface area contributed by atoms with Gasteiger partial charge in [0.05, 0.1) is 31.5 Å². The molecule has 102 valence electrons. The third-order valence-corrected chi connectivity index (χ3v) is 2.76. The van der Waals surface area contributed by atoms with Crippen molar-refractivity contribution < 1.29 is 13.9 Å². The Labute approximate surface area is 116 Å². The van der Waals surface area contributed by atoms with Gasteiger partial charge in [-0.05, 0) is 30.3 Å². The Hall–Kier alpha value is -2.74. The molecular weight excluding hydrogens is 259 g/mol. The largest absolute Gasteiger partial charge is 0.493 e. The van der Waals surface area contributed by atoms with Crippen LogP contribution >= 0.6 is 0 Å². The monoisotopic (exact) mass is 272 g/mol. The van der Waals surface area contributed by atoms with Gasteiger partial charge in [-0.2, -0.15) is 5.26 Å². The standard InChI is InChI=1S/C15H13FN2O2/c1-19-14-6-4-11(8-15(14)20-2)18-13-5-3-10(9-17)7-12(13)16/h3-8,18H,1-2H3. The Kier molecular flexibility index (Phi) is 4.06. The summed E-state index contributed by atoms with van der Waals surface area (Å²) in [5.41, 5.74) is 1.22. The highest BCUT2D eigenvalue weighted by molar-refractivity contribution is 5.64. The molecule has 4 nitrogen and oxygen atoms in total. The van der Waals surface area contributed by atoms with E-state index in [1.165, 1.54) is 19.2 Å². The van der Waals surface area contributed by atoms with Gasteiger partial charge in [-0.1, -0.05) is 0 Å². The smallest absolute Gasteiger partial charge is 0.162 e. The average Bonchev–Trinajstić information content (AvgIpc) is 2.49. The summed E-state index contributed by atoms with van der Waals surface area (Å²) in [5.74, 6) is 0.656. The first-order valence-electron chi connectivity index (χ1n) is 5.86. The number of benzene rings is 2. The third kappa shape index (κ3) is 2.81. The van der Waals surface area contributed by atoms with E-state index in [9.17, 15) is 4.39 Å². The molecule has 2 rings (SSSR count). The molecule has 0 atom stereocenters. The van der Waals surface area contributed by atoms with Crippen LogP contribution in [-0.2, 0) is 0 Å². The van der Waals surface area contributed by atoms with E-state index < -0.39 is 5.82 Å². The highest BCUT2D eigenvalue weighted by atomic mass is 19.1. The van der Waals surface area contributed by atoms with Gasteiger partial charge in [0.1, 0.15) is 5.82 Å². The predicted octanol–water partition coefficient (Wildman–Crippen LogP) is 3.46. The second-order valence-corrected chi connectivity index (χ2v) is 4.00. The van der Waals surface area contributed by atoms with E-state index in [-0.39, 0.29) is 11.3 Å². The SMILES string of the molecule is COc1ccc(Nc2ccc(C#N)cc2F)cc1OC. The molecule has 0 amide bonds. The molecule has 2 aromatic rings. The molecule has 0 bridgehead atoms. The number of methoxy groups -OCH3 is 2. The zero-order valence-electron chi connectivity index (χ0n) is 11.1. The van der Waals surface area contributed by atoms with Crippen LogP contribution in [0.15, 0.2) is 36.4 Å². The Bertz CT molecular complexity index is 665. The molecule has 20 heavy (non-hydrogen) atoms. The first-order valence-corrected chi connectivity index (χ1v) is 5.86. The molecule has 0 radical (unpaired) electrons. The fraction of sp³-hybridized carbons (Fsp3) is 0.133. The summed E-state index contributed by atoms with van der Waals surface area (Å²) >= 11 is 0. The van der Waals surface area contributed by atoms with Gasteiger partial charge >= 0.3 is 0 Å². The Morgan fingerprint density at radius 2 is 1.80 bits per heavy atom. The van der Waals surface area contributed by atoms with Crippen LogP contribution in [0.5, 0.6) is 11.5 Å². The lowest BCUT2D eigenvalue weighted by Gasteiger charge is -2.11. The molecule has 5 heteroatoms. The minimum absolute atomic E-state index is 0.278. The number of rotatable bonds is 4. The summed E-state index contributed by atoms with van der Waals surface area (Å²) in [5, 5.41) is 11.6. The van der Waals surface area contributed by atoms with Crippen molar-refractivity contribution >= 4 is 11.4 Å². The molecule has 0 aliphatic rings. The number of hydrogen-bond acceptors (Lipinski definition) is 4. The average molecular weight is 272 g/mol. The van der Waals surface area contributed by atoms with Crippen molar-refractivity contribution in [1.82, 2.24) is 0 Å². The molecule has 0 unspecified atom stereocenters. The first kappa shape index (κ1) is 13.7. The molecule has 1 N–H and O–H groups in total. The van der Waals surface area contributed by atoms with Gasteiger partial charge in [-0.15, -0.1) is 0 Å². The lowest BCUT2D eigenvalue weighted by atomic mass is 10.2. The molecule has 0 fully saturated rings. The highest BCUT2D eigenvalue weighted by Crippen LogP contribution is 2.31. The van der Waals surface area contributed by atoms with Crippen LogP contribution in [0.25, 0.3) is 0 Å². The lowest BCUT2D eigenvalue weighted by molar-refractivity contribution is 0.355. The van der Waals surface area contributed by atoms with E-state index in [2.05, 4.69) is 5.32 Å². The zero-order chi connectivity index (χ0) is 14.5. The number of nitriles is 1. The molecule has 0 saturated heterocycles. The van der Waals surface area contributed by atoms with Crippen LogP contribution in [0.4, 0.5) is 15.8 Å². The highest BCUT2D eigenvalue weighted by Gasteiger charge is 2.07. The van der Waals surface area contributed by atoms with Crippen molar-refractivity contribution in [2.45, 2.75) is 0 Å². The van der Waals surface area contributed by atoms with Gasteiger partial charge in [0, 0.05) is 11.8 Å². The van der Waals surface area contributed by atoms with Gasteiger partial charge in [-0.25, -0.2) is 4.39 Å². The predicted molar refractivity (Wildman–Crippen MR) is 73.9 cm³/mol. The van der Waals surface area contributed by atoms with E-state index in [1.54, 1.807) is 31.4 Å². The number of hydrogen-bond donors (Lipinski definition) is 1. The van der Waals surface area contributed by atoms with Crippen LogP contribution in [0.2, 0.25) is 0 Å². The van der Waals surface area contributed by atoms with E-state index in [4.69, 9.17) is 14.7 Å². The summed E-state index contributed by atoms with van der Waals surface area (Å²) in [6.45, 7) is 0. The van der Waals surface area contributed by atoms with Crippen molar-refractivity contribution in [1.29, 1.82) is 5.26 Å². The van der Waals surface area contributed by atoms with E-state index in [1.807, 2.05) is 6.07 Å². The lowest BCUT2D eigenvalue weighted by Crippen LogP contribution is -1.96. The summed E-state index contributed by atoms with van der Waals surface area (Å²) in [7, 11) is 3.08. The third-order valence-electron chi connectivity index (χ3n) is 2.76. The second-order valence-electron chi connectivity index (χ2n) is 4.00. The van der Waals surface area contributed by atoms with Gasteiger partial charge in [0.2, 0.25) is 0 Å². The van der Waals surface area contributed by atoms with Gasteiger partial charge in [-0.3, -0.25) is 0 Å². The van der Waals surface area contributed by atoms with E-state index in [0.717, 1.165) is 0 Å².